The lowest BCUT2D eigenvalue weighted by Gasteiger charge is -2.05. The molecule has 2 heterocycles. The Morgan fingerprint density at radius 3 is 2.75 bits per heavy atom. The summed E-state index contributed by atoms with van der Waals surface area (Å²) in [5.74, 6) is 1.81. The van der Waals surface area contributed by atoms with E-state index in [1.54, 1.807) is 11.3 Å². The van der Waals surface area contributed by atoms with Crippen molar-refractivity contribution in [1.29, 1.82) is 0 Å². The molecule has 0 fully saturated rings. The van der Waals surface area contributed by atoms with Gasteiger partial charge in [0.05, 0.1) is 3.79 Å². The highest BCUT2D eigenvalue weighted by Gasteiger charge is 2.18. The van der Waals surface area contributed by atoms with Gasteiger partial charge in [0.1, 0.15) is 16.9 Å². The molecule has 0 radical (unpaired) electrons. The normalized spacial score (nSPS) is 13.0. The molecule has 0 amide bonds. The van der Waals surface area contributed by atoms with Crippen LogP contribution in [0.2, 0.25) is 0 Å². The van der Waals surface area contributed by atoms with E-state index in [4.69, 9.17) is 16.0 Å². The lowest BCUT2D eigenvalue weighted by atomic mass is 10.1. The van der Waals surface area contributed by atoms with Crippen LogP contribution in [-0.4, -0.2) is 0 Å². The second-order valence-corrected chi connectivity index (χ2v) is 6.65. The van der Waals surface area contributed by atoms with Crippen LogP contribution in [-0.2, 0) is 6.42 Å². The first-order valence-corrected chi connectivity index (χ1v) is 7.15. The van der Waals surface area contributed by atoms with Gasteiger partial charge in [0.2, 0.25) is 0 Å². The van der Waals surface area contributed by atoms with Crippen LogP contribution in [0.15, 0.2) is 26.4 Å². The summed E-state index contributed by atoms with van der Waals surface area (Å²) in [5, 5.41) is -0.192. The fourth-order valence-electron chi connectivity index (χ4n) is 1.58. The van der Waals surface area contributed by atoms with E-state index < -0.39 is 0 Å². The zero-order valence-corrected chi connectivity index (χ0v) is 12.2. The highest BCUT2D eigenvalue weighted by atomic mass is 79.9. The van der Waals surface area contributed by atoms with E-state index in [1.165, 1.54) is 4.88 Å². The van der Waals surface area contributed by atoms with Crippen molar-refractivity contribution in [1.82, 2.24) is 0 Å². The van der Waals surface area contributed by atoms with Crippen molar-refractivity contribution in [3.63, 3.8) is 0 Å². The first-order valence-electron chi connectivity index (χ1n) is 5.10. The Hall–Kier alpha value is -0.250. The van der Waals surface area contributed by atoms with E-state index in [1.807, 2.05) is 12.1 Å². The largest absolute Gasteiger partial charge is 0.464 e. The number of furan rings is 1. The molecule has 2 aromatic rings. The number of hydrogen-bond donors (Lipinski definition) is 0. The van der Waals surface area contributed by atoms with Crippen LogP contribution >= 0.6 is 38.9 Å². The van der Waals surface area contributed by atoms with E-state index in [0.29, 0.717) is 0 Å². The number of aryl methyl sites for hydroxylation is 2. The summed E-state index contributed by atoms with van der Waals surface area (Å²) in [6, 6.07) is 6.01. The summed E-state index contributed by atoms with van der Waals surface area (Å²) in [4.78, 5) is 1.22. The van der Waals surface area contributed by atoms with Crippen molar-refractivity contribution >= 4 is 38.9 Å². The Morgan fingerprint density at radius 1 is 1.50 bits per heavy atom. The minimum atomic E-state index is -0.192. The van der Waals surface area contributed by atoms with Gasteiger partial charge in [-0.05, 0) is 46.6 Å². The van der Waals surface area contributed by atoms with Gasteiger partial charge in [0, 0.05) is 11.3 Å². The minimum absolute atomic E-state index is 0.192. The standard InChI is InChI=1S/C12H12BrClOS/c1-3-8-4-5-10(15-8)12(14)9-6-11(13)16-7(9)2/h4-6,12H,3H2,1-2H3. The molecule has 1 atom stereocenters. The molecule has 0 N–H and O–H groups in total. The topological polar surface area (TPSA) is 13.1 Å². The van der Waals surface area contributed by atoms with Gasteiger partial charge in [0.25, 0.3) is 0 Å². The number of thiophene rings is 1. The summed E-state index contributed by atoms with van der Waals surface area (Å²) < 4.78 is 6.78. The van der Waals surface area contributed by atoms with Crippen molar-refractivity contribution < 1.29 is 4.42 Å². The molecule has 1 unspecified atom stereocenters. The molecule has 1 nitrogen and oxygen atoms in total. The number of hydrogen-bond acceptors (Lipinski definition) is 2. The maximum atomic E-state index is 6.41. The second kappa shape index (κ2) is 4.94. The van der Waals surface area contributed by atoms with Crippen molar-refractivity contribution in [2.24, 2.45) is 0 Å². The summed E-state index contributed by atoms with van der Waals surface area (Å²) in [6.07, 6.45) is 0.899. The van der Waals surface area contributed by atoms with Gasteiger partial charge in [-0.1, -0.05) is 6.92 Å². The van der Waals surface area contributed by atoms with Gasteiger partial charge in [-0.2, -0.15) is 0 Å². The van der Waals surface area contributed by atoms with Gasteiger partial charge in [-0.3, -0.25) is 0 Å². The maximum Gasteiger partial charge on any atom is 0.126 e. The lowest BCUT2D eigenvalue weighted by molar-refractivity contribution is 0.474. The monoisotopic (exact) mass is 318 g/mol. The molecule has 2 rings (SSSR count). The van der Waals surface area contributed by atoms with Crippen molar-refractivity contribution in [3.8, 4) is 0 Å². The fourth-order valence-corrected chi connectivity index (χ4v) is 3.74. The van der Waals surface area contributed by atoms with E-state index in [2.05, 4.69) is 35.8 Å². The molecular weight excluding hydrogens is 308 g/mol. The smallest absolute Gasteiger partial charge is 0.126 e. The lowest BCUT2D eigenvalue weighted by Crippen LogP contribution is -1.90. The van der Waals surface area contributed by atoms with E-state index in [-0.39, 0.29) is 5.38 Å². The molecule has 2 aromatic heterocycles. The van der Waals surface area contributed by atoms with E-state index >= 15 is 0 Å². The SMILES string of the molecule is CCc1ccc(C(Cl)c2cc(Br)sc2C)o1. The molecule has 0 bridgehead atoms. The Kier molecular flexibility index (Phi) is 3.77. The van der Waals surface area contributed by atoms with Gasteiger partial charge in [0.15, 0.2) is 0 Å². The minimum Gasteiger partial charge on any atom is -0.464 e. The Labute approximate surface area is 113 Å². The highest BCUT2D eigenvalue weighted by Crippen LogP contribution is 2.37. The first kappa shape index (κ1) is 12.2. The molecule has 0 aliphatic heterocycles. The molecule has 16 heavy (non-hydrogen) atoms. The fraction of sp³-hybridized carbons (Fsp3) is 0.333. The average molecular weight is 320 g/mol. The summed E-state index contributed by atoms with van der Waals surface area (Å²) in [5.41, 5.74) is 1.12. The molecule has 86 valence electrons. The second-order valence-electron chi connectivity index (χ2n) is 3.58. The quantitative estimate of drug-likeness (QED) is 0.699. The predicted molar refractivity (Wildman–Crippen MR) is 72.5 cm³/mol. The van der Waals surface area contributed by atoms with Crippen LogP contribution in [0.4, 0.5) is 0 Å². The maximum absolute atomic E-state index is 6.41. The average Bonchev–Trinajstić information content (AvgIpc) is 2.84. The van der Waals surface area contributed by atoms with Crippen LogP contribution in [0.1, 0.15) is 34.3 Å². The van der Waals surface area contributed by atoms with Gasteiger partial charge < -0.3 is 4.42 Å². The Balaban J connectivity index is 2.31. The first-order chi connectivity index (χ1) is 7.61. The van der Waals surface area contributed by atoms with Crippen LogP contribution in [0.25, 0.3) is 0 Å². The molecule has 0 spiro atoms. The molecule has 4 heteroatoms. The summed E-state index contributed by atoms with van der Waals surface area (Å²) in [7, 11) is 0. The van der Waals surface area contributed by atoms with Crippen LogP contribution in [0.5, 0.6) is 0 Å². The van der Waals surface area contributed by atoms with E-state index in [0.717, 1.165) is 27.3 Å². The molecule has 0 aliphatic rings. The Bertz CT molecular complexity index is 489. The van der Waals surface area contributed by atoms with Crippen molar-refractivity contribution in [2.45, 2.75) is 25.6 Å². The summed E-state index contributed by atoms with van der Waals surface area (Å²) in [6.45, 7) is 4.14. The third-order valence-electron chi connectivity index (χ3n) is 2.48. The number of halogens is 2. The third-order valence-corrected chi connectivity index (χ3v) is 4.50. The van der Waals surface area contributed by atoms with Crippen molar-refractivity contribution in [2.75, 3.05) is 0 Å². The Morgan fingerprint density at radius 2 is 2.25 bits per heavy atom. The predicted octanol–water partition coefficient (Wildman–Crippen LogP) is 5.30. The zero-order valence-electron chi connectivity index (χ0n) is 9.09. The third kappa shape index (κ3) is 2.36. The van der Waals surface area contributed by atoms with Crippen LogP contribution < -0.4 is 0 Å². The van der Waals surface area contributed by atoms with Gasteiger partial charge in [-0.15, -0.1) is 22.9 Å². The molecular formula is C12H12BrClOS. The van der Waals surface area contributed by atoms with Crippen LogP contribution in [0.3, 0.4) is 0 Å². The highest BCUT2D eigenvalue weighted by molar-refractivity contribution is 9.11. The van der Waals surface area contributed by atoms with Gasteiger partial charge >= 0.3 is 0 Å². The molecule has 0 aromatic carbocycles. The van der Waals surface area contributed by atoms with Crippen LogP contribution in [0, 0.1) is 6.92 Å². The molecule has 0 saturated heterocycles. The number of rotatable bonds is 3. The molecule has 0 saturated carbocycles. The number of alkyl halides is 1. The summed E-state index contributed by atoms with van der Waals surface area (Å²) >= 11 is 11.6. The van der Waals surface area contributed by atoms with Crippen molar-refractivity contribution in [3.05, 3.63) is 43.9 Å². The molecule has 0 aliphatic carbocycles. The zero-order chi connectivity index (χ0) is 11.7. The van der Waals surface area contributed by atoms with Gasteiger partial charge in [-0.25, -0.2) is 0 Å². The van der Waals surface area contributed by atoms with E-state index in [9.17, 15) is 0 Å².